The molecular weight excluding hydrogens is 258 g/mol. The van der Waals surface area contributed by atoms with Gasteiger partial charge in [-0.25, -0.2) is 0 Å². The Morgan fingerprint density at radius 1 is 1.32 bits per heavy atom. The fourth-order valence-corrected chi connectivity index (χ4v) is 3.35. The number of hydrogen-bond acceptors (Lipinski definition) is 2. The topological polar surface area (TPSA) is 21.3 Å². The molecular formula is C16H24ClNO. The van der Waals surface area contributed by atoms with Crippen molar-refractivity contribution < 1.29 is 4.74 Å². The molecule has 1 N–H and O–H groups in total. The molecule has 1 aromatic carbocycles. The van der Waals surface area contributed by atoms with Crippen LogP contribution in [0.5, 0.6) is 5.75 Å². The molecule has 0 aliphatic heterocycles. The minimum Gasteiger partial charge on any atom is -0.495 e. The first-order valence-electron chi connectivity index (χ1n) is 7.22. The minimum absolute atomic E-state index is 0.538. The van der Waals surface area contributed by atoms with Gasteiger partial charge < -0.3 is 10.1 Å². The lowest BCUT2D eigenvalue weighted by molar-refractivity contribution is 0.268. The van der Waals surface area contributed by atoms with Crippen LogP contribution in [0.3, 0.4) is 0 Å². The maximum absolute atomic E-state index is 6.14. The van der Waals surface area contributed by atoms with Gasteiger partial charge in [-0.2, -0.15) is 0 Å². The Kier molecular flexibility index (Phi) is 5.12. The number of hydrogen-bond donors (Lipinski definition) is 1. The number of ether oxygens (including phenoxy) is 1. The normalized spacial score (nSPS) is 17.6. The number of nitrogens with one attached hydrogen (secondary N) is 1. The highest BCUT2D eigenvalue weighted by Gasteiger charge is 2.31. The summed E-state index contributed by atoms with van der Waals surface area (Å²) in [4.78, 5) is 0. The smallest absolute Gasteiger partial charge is 0.137 e. The Balaban J connectivity index is 1.87. The van der Waals surface area contributed by atoms with Gasteiger partial charge in [-0.3, -0.25) is 0 Å². The van der Waals surface area contributed by atoms with Gasteiger partial charge in [0, 0.05) is 13.1 Å². The lowest BCUT2D eigenvalue weighted by Crippen LogP contribution is -2.31. The molecule has 1 aliphatic rings. The molecule has 0 aromatic heterocycles. The van der Waals surface area contributed by atoms with Crippen molar-refractivity contribution in [1.82, 2.24) is 5.32 Å². The first kappa shape index (κ1) is 14.7. The molecule has 0 atom stereocenters. The van der Waals surface area contributed by atoms with E-state index in [1.165, 1.54) is 37.7 Å². The van der Waals surface area contributed by atoms with E-state index in [0.717, 1.165) is 18.8 Å². The molecule has 0 saturated heterocycles. The summed E-state index contributed by atoms with van der Waals surface area (Å²) in [6.07, 6.45) is 6.82. The first-order valence-corrected chi connectivity index (χ1v) is 7.60. The van der Waals surface area contributed by atoms with Crippen molar-refractivity contribution in [2.24, 2.45) is 5.41 Å². The predicted octanol–water partition coefficient (Wildman–Crippen LogP) is 4.41. The third-order valence-corrected chi connectivity index (χ3v) is 4.75. The Bertz CT molecular complexity index is 413. The van der Waals surface area contributed by atoms with Crippen LogP contribution in [-0.4, -0.2) is 13.7 Å². The third-order valence-electron chi connectivity index (χ3n) is 4.46. The number of halogens is 1. The van der Waals surface area contributed by atoms with Gasteiger partial charge in [0.15, 0.2) is 0 Å². The zero-order valence-corrected chi connectivity index (χ0v) is 12.7. The number of methoxy groups -OCH3 is 1. The standard InChI is InChI=1S/C16H24ClNO/c1-3-16(8-4-5-9-16)12-18-11-13-6-7-15(19-2)14(17)10-13/h6-7,10,18H,3-5,8-9,11-12H2,1-2H3. The van der Waals surface area contributed by atoms with E-state index in [2.05, 4.69) is 18.3 Å². The Hall–Kier alpha value is -0.730. The van der Waals surface area contributed by atoms with Crippen molar-refractivity contribution in [2.75, 3.05) is 13.7 Å². The zero-order valence-electron chi connectivity index (χ0n) is 12.0. The second-order valence-electron chi connectivity index (χ2n) is 5.63. The lowest BCUT2D eigenvalue weighted by atomic mass is 9.83. The summed E-state index contributed by atoms with van der Waals surface area (Å²) in [6, 6.07) is 6.00. The van der Waals surface area contributed by atoms with Crippen molar-refractivity contribution in [3.8, 4) is 5.75 Å². The summed E-state index contributed by atoms with van der Waals surface area (Å²) in [5.41, 5.74) is 1.76. The van der Waals surface area contributed by atoms with E-state index in [1.807, 2.05) is 12.1 Å². The van der Waals surface area contributed by atoms with Gasteiger partial charge in [-0.1, -0.05) is 37.4 Å². The molecule has 0 amide bonds. The van der Waals surface area contributed by atoms with Crippen LogP contribution in [0.2, 0.25) is 5.02 Å². The summed E-state index contributed by atoms with van der Waals surface area (Å²) < 4.78 is 5.17. The maximum atomic E-state index is 6.14. The van der Waals surface area contributed by atoms with E-state index in [9.17, 15) is 0 Å². The Labute approximate surface area is 121 Å². The van der Waals surface area contributed by atoms with Crippen LogP contribution >= 0.6 is 11.6 Å². The van der Waals surface area contributed by atoms with Crippen LogP contribution in [0.25, 0.3) is 0 Å². The number of rotatable bonds is 6. The van der Waals surface area contributed by atoms with Crippen molar-refractivity contribution in [3.05, 3.63) is 28.8 Å². The van der Waals surface area contributed by atoms with E-state index >= 15 is 0 Å². The largest absolute Gasteiger partial charge is 0.495 e. The highest BCUT2D eigenvalue weighted by atomic mass is 35.5. The van der Waals surface area contributed by atoms with Crippen LogP contribution < -0.4 is 10.1 Å². The zero-order chi connectivity index (χ0) is 13.7. The molecule has 1 fully saturated rings. The molecule has 0 bridgehead atoms. The predicted molar refractivity (Wildman–Crippen MR) is 80.9 cm³/mol. The summed E-state index contributed by atoms with van der Waals surface area (Å²) >= 11 is 6.14. The van der Waals surface area contributed by atoms with E-state index in [-0.39, 0.29) is 0 Å². The summed E-state index contributed by atoms with van der Waals surface area (Å²) in [7, 11) is 1.64. The SMILES string of the molecule is CCC1(CNCc2ccc(OC)c(Cl)c2)CCCC1. The van der Waals surface area contributed by atoms with Crippen LogP contribution in [-0.2, 0) is 6.54 Å². The van der Waals surface area contributed by atoms with Crippen molar-refractivity contribution in [1.29, 1.82) is 0 Å². The molecule has 2 rings (SSSR count). The second kappa shape index (κ2) is 6.62. The van der Waals surface area contributed by atoms with Crippen molar-refractivity contribution in [2.45, 2.75) is 45.6 Å². The third kappa shape index (κ3) is 3.64. The van der Waals surface area contributed by atoms with Crippen molar-refractivity contribution >= 4 is 11.6 Å². The van der Waals surface area contributed by atoms with Gasteiger partial charge >= 0.3 is 0 Å². The second-order valence-corrected chi connectivity index (χ2v) is 6.04. The Morgan fingerprint density at radius 3 is 2.63 bits per heavy atom. The molecule has 1 aliphatic carbocycles. The highest BCUT2D eigenvalue weighted by molar-refractivity contribution is 6.32. The lowest BCUT2D eigenvalue weighted by Gasteiger charge is -2.27. The summed E-state index contributed by atoms with van der Waals surface area (Å²) in [6.45, 7) is 4.32. The van der Waals surface area contributed by atoms with Gasteiger partial charge in [0.05, 0.1) is 12.1 Å². The van der Waals surface area contributed by atoms with Gasteiger partial charge in [-0.05, 0) is 42.4 Å². The maximum Gasteiger partial charge on any atom is 0.137 e. The molecule has 1 saturated carbocycles. The molecule has 0 unspecified atom stereocenters. The highest BCUT2D eigenvalue weighted by Crippen LogP contribution is 2.40. The molecule has 19 heavy (non-hydrogen) atoms. The fraction of sp³-hybridized carbons (Fsp3) is 0.625. The summed E-state index contributed by atoms with van der Waals surface area (Å²) in [5, 5.41) is 4.29. The van der Waals surface area contributed by atoms with E-state index in [0.29, 0.717) is 10.4 Å². The molecule has 3 heteroatoms. The summed E-state index contributed by atoms with van der Waals surface area (Å²) in [5.74, 6) is 0.742. The van der Waals surface area contributed by atoms with Crippen LogP contribution in [0.1, 0.15) is 44.6 Å². The average molecular weight is 282 g/mol. The van der Waals surface area contributed by atoms with Crippen LogP contribution in [0, 0.1) is 5.41 Å². The first-order chi connectivity index (χ1) is 9.19. The van der Waals surface area contributed by atoms with Crippen molar-refractivity contribution in [3.63, 3.8) is 0 Å². The minimum atomic E-state index is 0.538. The fourth-order valence-electron chi connectivity index (χ4n) is 3.07. The van der Waals surface area contributed by atoms with Gasteiger partial charge in [0.1, 0.15) is 5.75 Å². The van der Waals surface area contributed by atoms with E-state index in [1.54, 1.807) is 7.11 Å². The Morgan fingerprint density at radius 2 is 2.05 bits per heavy atom. The monoisotopic (exact) mass is 281 g/mol. The number of benzene rings is 1. The average Bonchev–Trinajstić information content (AvgIpc) is 2.88. The molecule has 0 heterocycles. The van der Waals surface area contributed by atoms with Gasteiger partial charge in [-0.15, -0.1) is 0 Å². The van der Waals surface area contributed by atoms with Crippen LogP contribution in [0.15, 0.2) is 18.2 Å². The van der Waals surface area contributed by atoms with E-state index < -0.39 is 0 Å². The molecule has 1 aromatic rings. The van der Waals surface area contributed by atoms with Gasteiger partial charge in [0.2, 0.25) is 0 Å². The van der Waals surface area contributed by atoms with Gasteiger partial charge in [0.25, 0.3) is 0 Å². The molecule has 0 radical (unpaired) electrons. The van der Waals surface area contributed by atoms with E-state index in [4.69, 9.17) is 16.3 Å². The molecule has 106 valence electrons. The molecule has 0 spiro atoms. The molecule has 2 nitrogen and oxygen atoms in total. The quantitative estimate of drug-likeness (QED) is 0.834. The van der Waals surface area contributed by atoms with Crippen LogP contribution in [0.4, 0.5) is 0 Å².